The fourth-order valence-corrected chi connectivity index (χ4v) is 2.82. The Morgan fingerprint density at radius 2 is 2.33 bits per heavy atom. The van der Waals surface area contributed by atoms with E-state index >= 15 is 0 Å². The molecule has 0 N–H and O–H groups in total. The van der Waals surface area contributed by atoms with E-state index in [9.17, 15) is 10.1 Å². The van der Waals surface area contributed by atoms with Crippen LogP contribution < -0.4 is 4.90 Å². The first-order valence-electron chi connectivity index (χ1n) is 6.20. The number of piperidine rings is 1. The Kier molecular flexibility index (Phi) is 4.22. The minimum atomic E-state index is -0.277. The van der Waals surface area contributed by atoms with E-state index in [2.05, 4.69) is 27.8 Å². The molecule has 0 amide bonds. The van der Waals surface area contributed by atoms with Crippen LogP contribution in [-0.2, 0) is 5.33 Å². The molecule has 4 nitrogen and oxygen atoms in total. The van der Waals surface area contributed by atoms with Crippen molar-refractivity contribution in [1.29, 1.82) is 0 Å². The van der Waals surface area contributed by atoms with Crippen LogP contribution in [0.25, 0.3) is 0 Å². The Hall–Kier alpha value is -1.10. The fraction of sp³-hybridized carbons (Fsp3) is 0.538. The minimum Gasteiger partial charge on any atom is -0.366 e. The Morgan fingerprint density at radius 3 is 2.94 bits per heavy atom. The maximum Gasteiger partial charge on any atom is 0.292 e. The summed E-state index contributed by atoms with van der Waals surface area (Å²) in [4.78, 5) is 13.0. The third-order valence-electron chi connectivity index (χ3n) is 3.39. The van der Waals surface area contributed by atoms with Gasteiger partial charge < -0.3 is 4.90 Å². The molecule has 5 heteroatoms. The Bertz CT molecular complexity index is 451. The van der Waals surface area contributed by atoms with E-state index in [1.807, 2.05) is 12.1 Å². The van der Waals surface area contributed by atoms with Crippen molar-refractivity contribution in [3.8, 4) is 0 Å². The van der Waals surface area contributed by atoms with Crippen molar-refractivity contribution in [3.63, 3.8) is 0 Å². The summed E-state index contributed by atoms with van der Waals surface area (Å²) in [7, 11) is 0. The summed E-state index contributed by atoms with van der Waals surface area (Å²) in [6.45, 7) is 4.03. The van der Waals surface area contributed by atoms with Crippen LogP contribution in [-0.4, -0.2) is 18.0 Å². The number of hydrogen-bond donors (Lipinski definition) is 0. The van der Waals surface area contributed by atoms with E-state index in [1.54, 1.807) is 6.07 Å². The van der Waals surface area contributed by atoms with Gasteiger partial charge in [-0.25, -0.2) is 0 Å². The molecule has 0 aliphatic carbocycles. The second-order valence-corrected chi connectivity index (χ2v) is 5.47. The lowest BCUT2D eigenvalue weighted by atomic mass is 9.99. The number of nitrogens with zero attached hydrogens (tertiary/aromatic N) is 2. The first kappa shape index (κ1) is 13.3. The van der Waals surface area contributed by atoms with Gasteiger partial charge in [0.2, 0.25) is 0 Å². The number of nitro benzene ring substituents is 1. The molecule has 0 spiro atoms. The third-order valence-corrected chi connectivity index (χ3v) is 4.04. The molecule has 1 fully saturated rings. The average Bonchev–Trinajstić information content (AvgIpc) is 2.38. The second-order valence-electron chi connectivity index (χ2n) is 4.91. The number of rotatable bonds is 3. The Morgan fingerprint density at radius 1 is 1.56 bits per heavy atom. The number of halogens is 1. The average molecular weight is 313 g/mol. The van der Waals surface area contributed by atoms with Crippen LogP contribution >= 0.6 is 15.9 Å². The van der Waals surface area contributed by atoms with E-state index in [-0.39, 0.29) is 10.6 Å². The van der Waals surface area contributed by atoms with Gasteiger partial charge in [0, 0.05) is 24.5 Å². The molecular weight excluding hydrogens is 296 g/mol. The zero-order chi connectivity index (χ0) is 13.1. The smallest absolute Gasteiger partial charge is 0.292 e. The quantitative estimate of drug-likeness (QED) is 0.485. The van der Waals surface area contributed by atoms with Gasteiger partial charge in [-0.15, -0.1) is 0 Å². The summed E-state index contributed by atoms with van der Waals surface area (Å²) in [5.74, 6) is 0.606. The maximum absolute atomic E-state index is 11.2. The molecule has 1 heterocycles. The zero-order valence-corrected chi connectivity index (χ0v) is 12.0. The molecule has 1 saturated heterocycles. The summed E-state index contributed by atoms with van der Waals surface area (Å²) in [6.07, 6.45) is 2.32. The standard InChI is InChI=1S/C13H17BrN2O2/c1-10-3-2-6-15(9-10)12-5-4-11(8-14)7-13(12)16(17)18/h4-5,7,10H,2-3,6,8-9H2,1H3. The topological polar surface area (TPSA) is 46.4 Å². The predicted octanol–water partition coefficient (Wildman–Crippen LogP) is 3.73. The van der Waals surface area contributed by atoms with Crippen LogP contribution in [0, 0.1) is 16.0 Å². The Labute approximate surface area is 115 Å². The van der Waals surface area contributed by atoms with Crippen LogP contribution in [0.5, 0.6) is 0 Å². The third kappa shape index (κ3) is 2.83. The van der Waals surface area contributed by atoms with Gasteiger partial charge in [0.25, 0.3) is 5.69 Å². The first-order valence-corrected chi connectivity index (χ1v) is 7.32. The molecule has 98 valence electrons. The SMILES string of the molecule is CC1CCCN(c2ccc(CBr)cc2[N+](=O)[O-])C1. The van der Waals surface area contributed by atoms with Crippen molar-refractivity contribution in [3.05, 3.63) is 33.9 Å². The summed E-state index contributed by atoms with van der Waals surface area (Å²) < 4.78 is 0. The first-order chi connectivity index (χ1) is 8.61. The highest BCUT2D eigenvalue weighted by Crippen LogP contribution is 2.32. The number of anilines is 1. The molecule has 0 aromatic heterocycles. The molecule has 0 bridgehead atoms. The lowest BCUT2D eigenvalue weighted by molar-refractivity contribution is -0.384. The van der Waals surface area contributed by atoms with Gasteiger partial charge >= 0.3 is 0 Å². The zero-order valence-electron chi connectivity index (χ0n) is 10.4. The van der Waals surface area contributed by atoms with E-state index in [0.717, 1.165) is 30.8 Å². The summed E-state index contributed by atoms with van der Waals surface area (Å²) in [5.41, 5.74) is 1.92. The van der Waals surface area contributed by atoms with Gasteiger partial charge in [0.1, 0.15) is 5.69 Å². The van der Waals surface area contributed by atoms with Crippen LogP contribution in [0.15, 0.2) is 18.2 Å². The predicted molar refractivity (Wildman–Crippen MR) is 76.3 cm³/mol. The summed E-state index contributed by atoms with van der Waals surface area (Å²) >= 11 is 3.33. The molecule has 0 radical (unpaired) electrons. The highest BCUT2D eigenvalue weighted by atomic mass is 79.9. The van der Waals surface area contributed by atoms with Crippen molar-refractivity contribution < 1.29 is 4.92 Å². The van der Waals surface area contributed by atoms with Crippen LogP contribution in [0.4, 0.5) is 11.4 Å². The largest absolute Gasteiger partial charge is 0.366 e. The molecule has 0 saturated carbocycles. The maximum atomic E-state index is 11.2. The highest BCUT2D eigenvalue weighted by Gasteiger charge is 2.23. The second kappa shape index (κ2) is 5.69. The molecule has 1 unspecified atom stereocenters. The van der Waals surface area contributed by atoms with Crippen molar-refractivity contribution in [2.75, 3.05) is 18.0 Å². The number of alkyl halides is 1. The monoisotopic (exact) mass is 312 g/mol. The van der Waals surface area contributed by atoms with E-state index < -0.39 is 0 Å². The van der Waals surface area contributed by atoms with Gasteiger partial charge in [0.05, 0.1) is 4.92 Å². The van der Waals surface area contributed by atoms with Crippen molar-refractivity contribution in [2.45, 2.75) is 25.1 Å². The molecule has 1 aliphatic rings. The summed E-state index contributed by atoms with van der Waals surface area (Å²) in [5, 5.41) is 11.8. The number of benzene rings is 1. The van der Waals surface area contributed by atoms with Crippen LogP contribution in [0.2, 0.25) is 0 Å². The highest BCUT2D eigenvalue weighted by molar-refractivity contribution is 9.08. The van der Waals surface area contributed by atoms with Crippen molar-refractivity contribution >= 4 is 27.3 Å². The molecule has 1 aromatic rings. The molecule has 1 aromatic carbocycles. The molecule has 18 heavy (non-hydrogen) atoms. The van der Waals surface area contributed by atoms with E-state index in [1.165, 1.54) is 6.42 Å². The number of nitro groups is 1. The van der Waals surface area contributed by atoms with Crippen LogP contribution in [0.3, 0.4) is 0 Å². The lowest BCUT2D eigenvalue weighted by Crippen LogP contribution is -2.34. The molecular formula is C13H17BrN2O2. The van der Waals surface area contributed by atoms with Crippen molar-refractivity contribution in [2.24, 2.45) is 5.92 Å². The minimum absolute atomic E-state index is 0.223. The fourth-order valence-electron chi connectivity index (χ4n) is 2.47. The van der Waals surface area contributed by atoms with Gasteiger partial charge in [0.15, 0.2) is 0 Å². The lowest BCUT2D eigenvalue weighted by Gasteiger charge is -2.32. The van der Waals surface area contributed by atoms with Crippen molar-refractivity contribution in [1.82, 2.24) is 0 Å². The number of hydrogen-bond acceptors (Lipinski definition) is 3. The van der Waals surface area contributed by atoms with Gasteiger partial charge in [-0.1, -0.05) is 28.9 Å². The Balaban J connectivity index is 2.33. The van der Waals surface area contributed by atoms with E-state index in [4.69, 9.17) is 0 Å². The van der Waals surface area contributed by atoms with Gasteiger partial charge in [-0.05, 0) is 30.4 Å². The molecule has 1 aliphatic heterocycles. The van der Waals surface area contributed by atoms with Gasteiger partial charge in [-0.3, -0.25) is 10.1 Å². The molecule has 2 rings (SSSR count). The van der Waals surface area contributed by atoms with Gasteiger partial charge in [-0.2, -0.15) is 0 Å². The van der Waals surface area contributed by atoms with E-state index in [0.29, 0.717) is 11.2 Å². The summed E-state index contributed by atoms with van der Waals surface area (Å²) in [6, 6.07) is 5.51. The normalized spacial score (nSPS) is 19.9. The molecule has 1 atom stereocenters. The van der Waals surface area contributed by atoms with Crippen LogP contribution in [0.1, 0.15) is 25.3 Å².